The van der Waals surface area contributed by atoms with E-state index in [9.17, 15) is 4.79 Å². The molecule has 0 aromatic rings. The second kappa shape index (κ2) is 2.46. The predicted molar refractivity (Wildman–Crippen MR) is 47.0 cm³/mol. The van der Waals surface area contributed by atoms with Gasteiger partial charge in [0.2, 0.25) is 0 Å². The number of nitrogens with one attached hydrogen (secondary N) is 1. The van der Waals surface area contributed by atoms with Crippen LogP contribution in [0.25, 0.3) is 0 Å². The molecule has 0 saturated heterocycles. The summed E-state index contributed by atoms with van der Waals surface area (Å²) in [4.78, 5) is 10.3. The van der Waals surface area contributed by atoms with Gasteiger partial charge >= 0.3 is 5.97 Å². The van der Waals surface area contributed by atoms with E-state index < -0.39 is 5.97 Å². The Labute approximate surface area is 73.2 Å². The monoisotopic (exact) mass is 171 g/mol. The highest BCUT2D eigenvalue weighted by atomic mass is 16.4. The molecule has 3 heteroatoms. The van der Waals surface area contributed by atoms with Gasteiger partial charge in [0.15, 0.2) is 0 Å². The fourth-order valence-electron chi connectivity index (χ4n) is 1.90. The Kier molecular flexibility index (Phi) is 1.95. The van der Waals surface area contributed by atoms with E-state index in [1.165, 1.54) is 0 Å². The van der Waals surface area contributed by atoms with E-state index in [4.69, 9.17) is 5.11 Å². The van der Waals surface area contributed by atoms with Crippen LogP contribution < -0.4 is 5.32 Å². The van der Waals surface area contributed by atoms with Gasteiger partial charge < -0.3 is 10.4 Å². The summed E-state index contributed by atoms with van der Waals surface area (Å²) in [6.07, 6.45) is 0. The minimum atomic E-state index is -0.784. The zero-order chi connectivity index (χ0) is 9.57. The van der Waals surface area contributed by atoms with E-state index in [1.54, 1.807) is 0 Å². The van der Waals surface area contributed by atoms with Crippen molar-refractivity contribution in [2.45, 2.75) is 33.7 Å². The molecule has 0 atom stereocenters. The minimum Gasteiger partial charge on any atom is -0.480 e. The maximum absolute atomic E-state index is 10.3. The van der Waals surface area contributed by atoms with Crippen LogP contribution in [-0.4, -0.2) is 23.7 Å². The number of hydrogen-bond acceptors (Lipinski definition) is 2. The lowest BCUT2D eigenvalue weighted by molar-refractivity contribution is -0.136. The van der Waals surface area contributed by atoms with Gasteiger partial charge in [0.05, 0.1) is 6.54 Å². The molecule has 1 aliphatic rings. The first kappa shape index (κ1) is 9.52. The van der Waals surface area contributed by atoms with E-state index >= 15 is 0 Å². The molecule has 1 fully saturated rings. The van der Waals surface area contributed by atoms with Gasteiger partial charge in [-0.25, -0.2) is 0 Å². The normalized spacial score (nSPS) is 25.3. The number of aliphatic carboxylic acids is 1. The average Bonchev–Trinajstić information content (AvgIpc) is 2.21. The molecule has 1 aliphatic carbocycles. The summed E-state index contributed by atoms with van der Waals surface area (Å²) in [6.45, 7) is 8.70. The van der Waals surface area contributed by atoms with Crippen molar-refractivity contribution in [1.82, 2.24) is 5.32 Å². The highest BCUT2D eigenvalue weighted by Crippen LogP contribution is 2.62. The zero-order valence-electron chi connectivity index (χ0n) is 8.14. The Hall–Kier alpha value is -0.570. The van der Waals surface area contributed by atoms with E-state index in [-0.39, 0.29) is 17.4 Å². The Morgan fingerprint density at radius 3 is 2.00 bits per heavy atom. The minimum absolute atomic E-state index is 0.0670. The molecular formula is C9H17NO2. The van der Waals surface area contributed by atoms with Crippen LogP contribution in [0.5, 0.6) is 0 Å². The third-order valence-corrected chi connectivity index (χ3v) is 3.48. The maximum atomic E-state index is 10.3. The second-order valence-electron chi connectivity index (χ2n) is 4.65. The lowest BCUT2D eigenvalue weighted by Crippen LogP contribution is -2.28. The molecule has 1 rings (SSSR count). The molecule has 0 aromatic heterocycles. The van der Waals surface area contributed by atoms with Crippen LogP contribution in [0.3, 0.4) is 0 Å². The maximum Gasteiger partial charge on any atom is 0.317 e. The number of carbonyl (C=O) groups is 1. The van der Waals surface area contributed by atoms with Gasteiger partial charge in [0.25, 0.3) is 0 Å². The molecule has 0 aromatic carbocycles. The van der Waals surface area contributed by atoms with Gasteiger partial charge in [-0.2, -0.15) is 0 Å². The molecular weight excluding hydrogens is 154 g/mol. The highest BCUT2D eigenvalue weighted by molar-refractivity contribution is 5.69. The molecule has 12 heavy (non-hydrogen) atoms. The van der Waals surface area contributed by atoms with Crippen LogP contribution in [0.15, 0.2) is 0 Å². The molecule has 0 unspecified atom stereocenters. The summed E-state index contributed by atoms with van der Waals surface area (Å²) in [5.41, 5.74) is 0.449. The molecule has 3 nitrogen and oxygen atoms in total. The molecule has 0 spiro atoms. The van der Waals surface area contributed by atoms with Crippen LogP contribution in [0.4, 0.5) is 0 Å². The van der Waals surface area contributed by atoms with Gasteiger partial charge in [0.1, 0.15) is 0 Å². The fraction of sp³-hybridized carbons (Fsp3) is 0.889. The summed E-state index contributed by atoms with van der Waals surface area (Å²) < 4.78 is 0. The average molecular weight is 171 g/mol. The molecule has 1 saturated carbocycles. The Balaban J connectivity index is 2.44. The number of rotatable bonds is 3. The van der Waals surface area contributed by atoms with Gasteiger partial charge in [-0.05, 0) is 10.8 Å². The van der Waals surface area contributed by atoms with Crippen LogP contribution in [0.1, 0.15) is 27.7 Å². The molecule has 70 valence electrons. The standard InChI is InChI=1S/C9H17NO2/c1-8(2)7(9(8,3)4)10-5-6(11)12/h7,10H,5H2,1-4H3,(H,11,12). The van der Waals surface area contributed by atoms with Crippen molar-refractivity contribution < 1.29 is 9.90 Å². The first-order valence-electron chi connectivity index (χ1n) is 4.25. The fourth-order valence-corrected chi connectivity index (χ4v) is 1.90. The summed E-state index contributed by atoms with van der Waals surface area (Å²) in [7, 11) is 0. The Morgan fingerprint density at radius 1 is 1.33 bits per heavy atom. The molecule has 2 N–H and O–H groups in total. The first-order chi connectivity index (χ1) is 5.30. The van der Waals surface area contributed by atoms with Crippen molar-refractivity contribution in [3.05, 3.63) is 0 Å². The van der Waals surface area contributed by atoms with Crippen LogP contribution in [-0.2, 0) is 4.79 Å². The van der Waals surface area contributed by atoms with E-state index in [0.717, 1.165) is 0 Å². The van der Waals surface area contributed by atoms with Crippen molar-refractivity contribution in [3.63, 3.8) is 0 Å². The molecule has 0 aliphatic heterocycles. The van der Waals surface area contributed by atoms with Crippen molar-refractivity contribution in [1.29, 1.82) is 0 Å². The van der Waals surface area contributed by atoms with E-state index in [0.29, 0.717) is 6.04 Å². The van der Waals surface area contributed by atoms with E-state index in [2.05, 4.69) is 33.0 Å². The van der Waals surface area contributed by atoms with Gasteiger partial charge in [-0.15, -0.1) is 0 Å². The molecule has 0 radical (unpaired) electrons. The van der Waals surface area contributed by atoms with Crippen molar-refractivity contribution in [2.24, 2.45) is 10.8 Å². The molecule has 0 bridgehead atoms. The van der Waals surface area contributed by atoms with Gasteiger partial charge in [-0.1, -0.05) is 27.7 Å². The lowest BCUT2D eigenvalue weighted by Gasteiger charge is -2.03. The van der Waals surface area contributed by atoms with Crippen molar-refractivity contribution in [3.8, 4) is 0 Å². The topological polar surface area (TPSA) is 49.3 Å². The van der Waals surface area contributed by atoms with Gasteiger partial charge in [0, 0.05) is 6.04 Å². The molecule has 0 amide bonds. The quantitative estimate of drug-likeness (QED) is 0.668. The largest absolute Gasteiger partial charge is 0.480 e. The number of carboxylic acids is 1. The number of carboxylic acid groups (broad SMARTS) is 1. The second-order valence-corrected chi connectivity index (χ2v) is 4.65. The summed E-state index contributed by atoms with van der Waals surface area (Å²) in [6, 6.07) is 0.334. The third-order valence-electron chi connectivity index (χ3n) is 3.48. The highest BCUT2D eigenvalue weighted by Gasteiger charge is 2.64. The van der Waals surface area contributed by atoms with Crippen LogP contribution >= 0.6 is 0 Å². The predicted octanol–water partition coefficient (Wildman–Crippen LogP) is 1.10. The Morgan fingerprint density at radius 2 is 1.75 bits per heavy atom. The van der Waals surface area contributed by atoms with E-state index in [1.807, 2.05) is 0 Å². The SMILES string of the molecule is CC1(C)C(NCC(=O)O)C1(C)C. The van der Waals surface area contributed by atoms with Crippen molar-refractivity contribution >= 4 is 5.97 Å². The van der Waals surface area contributed by atoms with Crippen molar-refractivity contribution in [2.75, 3.05) is 6.54 Å². The summed E-state index contributed by atoms with van der Waals surface area (Å²) in [5.74, 6) is -0.784. The van der Waals surface area contributed by atoms with Crippen LogP contribution in [0, 0.1) is 10.8 Å². The van der Waals surface area contributed by atoms with Crippen LogP contribution in [0.2, 0.25) is 0 Å². The summed E-state index contributed by atoms with van der Waals surface area (Å²) >= 11 is 0. The molecule has 0 heterocycles. The zero-order valence-corrected chi connectivity index (χ0v) is 8.14. The number of hydrogen-bond donors (Lipinski definition) is 2. The smallest absolute Gasteiger partial charge is 0.317 e. The Bertz CT molecular complexity index is 195. The lowest BCUT2D eigenvalue weighted by atomic mass is 10.0. The third kappa shape index (κ3) is 1.22. The summed E-state index contributed by atoms with van der Waals surface area (Å²) in [5, 5.41) is 11.5. The van der Waals surface area contributed by atoms with Gasteiger partial charge in [-0.3, -0.25) is 4.79 Å². The first-order valence-corrected chi connectivity index (χ1v) is 4.25.